The van der Waals surface area contributed by atoms with Crippen molar-refractivity contribution in [2.45, 2.75) is 26.3 Å². The van der Waals surface area contributed by atoms with Crippen LogP contribution in [0.1, 0.15) is 34.8 Å². The molecule has 0 aliphatic heterocycles. The number of amides is 2. The molecule has 0 unspecified atom stereocenters. The molecule has 0 spiro atoms. The molecule has 24 heavy (non-hydrogen) atoms. The van der Waals surface area contributed by atoms with Crippen molar-refractivity contribution >= 4 is 27.7 Å². The highest BCUT2D eigenvalue weighted by Gasteiger charge is 2.06. The average molecular weight is 389 g/mol. The van der Waals surface area contributed by atoms with Crippen LogP contribution in [0.2, 0.25) is 0 Å². The normalized spacial score (nSPS) is 10.2. The number of hydrogen-bond acceptors (Lipinski definition) is 2. The molecule has 2 rings (SSSR count). The molecule has 0 saturated heterocycles. The van der Waals surface area contributed by atoms with Gasteiger partial charge in [-0.05, 0) is 42.7 Å². The molecule has 126 valence electrons. The number of nitrogens with one attached hydrogen (secondary N) is 2. The van der Waals surface area contributed by atoms with Crippen LogP contribution in [0.4, 0.5) is 0 Å². The maximum Gasteiger partial charge on any atom is 0.251 e. The van der Waals surface area contributed by atoms with Gasteiger partial charge >= 0.3 is 0 Å². The zero-order chi connectivity index (χ0) is 17.4. The molecule has 0 saturated carbocycles. The van der Waals surface area contributed by atoms with Crippen LogP contribution in [0.5, 0.6) is 0 Å². The molecule has 0 aliphatic carbocycles. The van der Waals surface area contributed by atoms with Crippen LogP contribution in [-0.4, -0.2) is 18.4 Å². The molecule has 2 N–H and O–H groups in total. The van der Waals surface area contributed by atoms with Gasteiger partial charge in [-0.1, -0.05) is 46.3 Å². The molecule has 0 aliphatic rings. The molecule has 0 atom stereocenters. The predicted molar refractivity (Wildman–Crippen MR) is 98.8 cm³/mol. The molecule has 0 aromatic heterocycles. The van der Waals surface area contributed by atoms with E-state index in [2.05, 4.69) is 26.6 Å². The van der Waals surface area contributed by atoms with Crippen LogP contribution in [0.3, 0.4) is 0 Å². The summed E-state index contributed by atoms with van der Waals surface area (Å²) in [5.74, 6) is -0.0694. The van der Waals surface area contributed by atoms with Crippen LogP contribution < -0.4 is 10.6 Å². The fourth-order valence-corrected chi connectivity index (χ4v) is 2.76. The lowest BCUT2D eigenvalue weighted by atomic mass is 10.1. The quantitative estimate of drug-likeness (QED) is 0.762. The minimum absolute atomic E-state index is 0.0126. The van der Waals surface area contributed by atoms with Crippen molar-refractivity contribution in [3.8, 4) is 0 Å². The Labute approximate surface area is 150 Å². The summed E-state index contributed by atoms with van der Waals surface area (Å²) in [6.07, 6.45) is 1.14. The first kappa shape index (κ1) is 18.2. The first-order valence-electron chi connectivity index (χ1n) is 7.97. The molecular formula is C19H21BrN2O2. The van der Waals surface area contributed by atoms with Gasteiger partial charge in [-0.25, -0.2) is 0 Å². The lowest BCUT2D eigenvalue weighted by Crippen LogP contribution is -2.24. The van der Waals surface area contributed by atoms with E-state index in [0.29, 0.717) is 31.5 Å². The Morgan fingerprint density at radius 3 is 2.38 bits per heavy atom. The summed E-state index contributed by atoms with van der Waals surface area (Å²) in [5.41, 5.74) is 2.72. The van der Waals surface area contributed by atoms with Gasteiger partial charge in [-0.2, -0.15) is 0 Å². The van der Waals surface area contributed by atoms with E-state index in [1.807, 2.05) is 43.3 Å². The van der Waals surface area contributed by atoms with Gasteiger partial charge in [0.15, 0.2) is 0 Å². The maximum absolute atomic E-state index is 12.0. The third-order valence-corrected chi connectivity index (χ3v) is 4.40. The summed E-state index contributed by atoms with van der Waals surface area (Å²) in [6, 6.07) is 15.2. The van der Waals surface area contributed by atoms with Gasteiger partial charge in [0.1, 0.15) is 0 Å². The van der Waals surface area contributed by atoms with Crippen LogP contribution >= 0.6 is 15.9 Å². The number of carbonyl (C=O) groups excluding carboxylic acids is 2. The van der Waals surface area contributed by atoms with Crippen LogP contribution in [0.15, 0.2) is 53.0 Å². The standard InChI is InChI=1S/C19H21BrN2O2/c1-2-21-19(24)16-9-7-14(8-10-16)13-22-18(23)12-11-15-5-3-4-6-17(15)20/h3-10H,2,11-13H2,1H3,(H,21,24)(H,22,23). The highest BCUT2D eigenvalue weighted by molar-refractivity contribution is 9.10. The second-order valence-electron chi connectivity index (χ2n) is 5.42. The highest BCUT2D eigenvalue weighted by atomic mass is 79.9. The second-order valence-corrected chi connectivity index (χ2v) is 6.28. The van der Waals surface area contributed by atoms with Crippen molar-refractivity contribution in [2.24, 2.45) is 0 Å². The van der Waals surface area contributed by atoms with E-state index in [4.69, 9.17) is 0 Å². The summed E-state index contributed by atoms with van der Waals surface area (Å²) < 4.78 is 1.03. The minimum Gasteiger partial charge on any atom is -0.352 e. The van der Waals surface area contributed by atoms with Gasteiger partial charge in [0, 0.05) is 29.5 Å². The molecule has 2 aromatic carbocycles. The molecule has 0 heterocycles. The summed E-state index contributed by atoms with van der Waals surface area (Å²) in [5, 5.41) is 5.66. The predicted octanol–water partition coefficient (Wildman–Crippen LogP) is 3.45. The largest absolute Gasteiger partial charge is 0.352 e. The fourth-order valence-electron chi connectivity index (χ4n) is 2.27. The lowest BCUT2D eigenvalue weighted by Gasteiger charge is -2.08. The maximum atomic E-state index is 12.0. The SMILES string of the molecule is CCNC(=O)c1ccc(CNC(=O)CCc2ccccc2Br)cc1. The fraction of sp³-hybridized carbons (Fsp3) is 0.263. The number of hydrogen-bond donors (Lipinski definition) is 2. The Hall–Kier alpha value is -2.14. The summed E-state index contributed by atoms with van der Waals surface area (Å²) in [4.78, 5) is 23.7. The summed E-state index contributed by atoms with van der Waals surface area (Å²) in [7, 11) is 0. The zero-order valence-corrected chi connectivity index (χ0v) is 15.2. The Kier molecular flexibility index (Phi) is 7.00. The number of carbonyl (C=O) groups is 2. The van der Waals surface area contributed by atoms with Crippen LogP contribution in [-0.2, 0) is 17.8 Å². The van der Waals surface area contributed by atoms with E-state index >= 15 is 0 Å². The minimum atomic E-state index is -0.0819. The number of halogens is 1. The Balaban J connectivity index is 1.79. The first-order chi connectivity index (χ1) is 11.6. The van der Waals surface area contributed by atoms with Gasteiger partial charge in [-0.3, -0.25) is 9.59 Å². The molecular weight excluding hydrogens is 368 g/mol. The molecule has 2 aromatic rings. The van der Waals surface area contributed by atoms with Crippen molar-refractivity contribution in [3.05, 3.63) is 69.7 Å². The van der Waals surface area contributed by atoms with Gasteiger partial charge < -0.3 is 10.6 Å². The van der Waals surface area contributed by atoms with Crippen molar-refractivity contribution in [2.75, 3.05) is 6.54 Å². The lowest BCUT2D eigenvalue weighted by molar-refractivity contribution is -0.121. The summed E-state index contributed by atoms with van der Waals surface area (Å²) >= 11 is 3.49. The Morgan fingerprint density at radius 2 is 1.71 bits per heavy atom. The van der Waals surface area contributed by atoms with Crippen LogP contribution in [0, 0.1) is 0 Å². The van der Waals surface area contributed by atoms with E-state index in [-0.39, 0.29) is 11.8 Å². The van der Waals surface area contributed by atoms with Crippen molar-refractivity contribution in [1.29, 1.82) is 0 Å². The van der Waals surface area contributed by atoms with E-state index in [0.717, 1.165) is 15.6 Å². The van der Waals surface area contributed by atoms with Gasteiger partial charge in [-0.15, -0.1) is 0 Å². The third-order valence-electron chi connectivity index (χ3n) is 3.62. The van der Waals surface area contributed by atoms with E-state index in [9.17, 15) is 9.59 Å². The van der Waals surface area contributed by atoms with Crippen LogP contribution in [0.25, 0.3) is 0 Å². The van der Waals surface area contributed by atoms with Gasteiger partial charge in [0.2, 0.25) is 5.91 Å². The molecule has 0 fully saturated rings. The molecule has 2 amide bonds. The Bertz CT molecular complexity index is 699. The summed E-state index contributed by atoms with van der Waals surface area (Å²) in [6.45, 7) is 2.95. The van der Waals surface area contributed by atoms with E-state index in [1.165, 1.54) is 0 Å². The number of aryl methyl sites for hydroxylation is 1. The van der Waals surface area contributed by atoms with E-state index < -0.39 is 0 Å². The smallest absolute Gasteiger partial charge is 0.251 e. The van der Waals surface area contributed by atoms with Gasteiger partial charge in [0.05, 0.1) is 0 Å². The molecule has 0 radical (unpaired) electrons. The molecule has 0 bridgehead atoms. The topological polar surface area (TPSA) is 58.2 Å². The Morgan fingerprint density at radius 1 is 1.00 bits per heavy atom. The number of rotatable bonds is 7. The first-order valence-corrected chi connectivity index (χ1v) is 8.76. The third kappa shape index (κ3) is 5.49. The highest BCUT2D eigenvalue weighted by Crippen LogP contribution is 2.17. The van der Waals surface area contributed by atoms with Crippen molar-refractivity contribution in [1.82, 2.24) is 10.6 Å². The zero-order valence-electron chi connectivity index (χ0n) is 13.6. The monoisotopic (exact) mass is 388 g/mol. The average Bonchev–Trinajstić information content (AvgIpc) is 2.60. The molecule has 4 nitrogen and oxygen atoms in total. The van der Waals surface area contributed by atoms with E-state index in [1.54, 1.807) is 12.1 Å². The van der Waals surface area contributed by atoms with Crippen molar-refractivity contribution < 1.29 is 9.59 Å². The van der Waals surface area contributed by atoms with Crippen molar-refractivity contribution in [3.63, 3.8) is 0 Å². The van der Waals surface area contributed by atoms with Gasteiger partial charge in [0.25, 0.3) is 5.91 Å². The molecule has 5 heteroatoms. The second kappa shape index (κ2) is 9.23. The number of benzene rings is 2.